The van der Waals surface area contributed by atoms with E-state index in [0.29, 0.717) is 4.62 Å². The molecule has 84 valence electrons. The third-order valence-electron chi connectivity index (χ3n) is 2.48. The number of rotatable bonds is 2. The van der Waals surface area contributed by atoms with Crippen LogP contribution >= 0.6 is 27.5 Å². The Balaban J connectivity index is 3.27. The average molecular weight is 297 g/mol. The normalized spacial score (nSPS) is 31.2. The summed E-state index contributed by atoms with van der Waals surface area (Å²) in [5.74, 6) is -0.180. The highest BCUT2D eigenvalue weighted by molar-refractivity contribution is 9.18. The Morgan fingerprint density at radius 2 is 2.33 bits per heavy atom. The van der Waals surface area contributed by atoms with Gasteiger partial charge in [0.25, 0.3) is 5.70 Å². The maximum atomic E-state index is 10.9. The molecule has 0 saturated carbocycles. The molecule has 2 N–H and O–H groups in total. The van der Waals surface area contributed by atoms with Crippen LogP contribution in [0.5, 0.6) is 0 Å². The van der Waals surface area contributed by atoms with Gasteiger partial charge in [0.05, 0.1) is 4.92 Å². The molecule has 0 aromatic heterocycles. The van der Waals surface area contributed by atoms with Crippen LogP contribution < -0.4 is 5.73 Å². The predicted octanol–water partition coefficient (Wildman–Crippen LogP) is 1.87. The zero-order valence-corrected chi connectivity index (χ0v) is 10.6. The summed E-state index contributed by atoms with van der Waals surface area (Å²) in [4.78, 5) is 14.4. The van der Waals surface area contributed by atoms with Gasteiger partial charge in [-0.15, -0.1) is 0 Å². The average Bonchev–Trinajstić information content (AvgIpc) is 2.10. The number of nitrogens with two attached hydrogens (primary N) is 1. The summed E-state index contributed by atoms with van der Waals surface area (Å²) in [7, 11) is 0. The summed E-state index contributed by atoms with van der Waals surface area (Å²) in [5.41, 5.74) is 3.80. The highest BCUT2D eigenvalue weighted by Gasteiger charge is 2.50. The molecular formula is C8H11BrClN3O2. The van der Waals surface area contributed by atoms with E-state index < -0.39 is 16.0 Å². The molecule has 0 spiro atoms. The first-order valence-electron chi connectivity index (χ1n) is 4.33. The van der Waals surface area contributed by atoms with Crippen molar-refractivity contribution in [3.05, 3.63) is 21.9 Å². The lowest BCUT2D eigenvalue weighted by Crippen LogP contribution is -2.57. The van der Waals surface area contributed by atoms with Gasteiger partial charge >= 0.3 is 0 Å². The number of hydrogen-bond acceptors (Lipinski definition) is 4. The molecule has 0 bridgehead atoms. The van der Waals surface area contributed by atoms with E-state index in [1.807, 2.05) is 0 Å². The van der Waals surface area contributed by atoms with Crippen LogP contribution in [-0.4, -0.2) is 20.6 Å². The van der Waals surface area contributed by atoms with Crippen molar-refractivity contribution >= 4 is 32.2 Å². The second-order valence-corrected chi connectivity index (χ2v) is 4.89. The van der Waals surface area contributed by atoms with E-state index in [9.17, 15) is 10.1 Å². The van der Waals surface area contributed by atoms with Crippen LogP contribution in [0, 0.1) is 16.0 Å². The standard InChI is InChI=1S/C8H11BrClN3O2/c1-4(2)8(11)5(13(14)15)3-6(9)12-7(8)10/h3-4,7H,11H2,1-2H3. The summed E-state index contributed by atoms with van der Waals surface area (Å²) >= 11 is 9.03. The van der Waals surface area contributed by atoms with Crippen molar-refractivity contribution < 1.29 is 4.92 Å². The topological polar surface area (TPSA) is 81.5 Å². The minimum Gasteiger partial charge on any atom is -0.313 e. The number of halogens is 2. The van der Waals surface area contributed by atoms with Crippen LogP contribution in [0.25, 0.3) is 0 Å². The van der Waals surface area contributed by atoms with Crippen molar-refractivity contribution in [3.63, 3.8) is 0 Å². The molecule has 1 aliphatic heterocycles. The van der Waals surface area contributed by atoms with Crippen molar-refractivity contribution in [2.75, 3.05) is 0 Å². The van der Waals surface area contributed by atoms with E-state index in [1.54, 1.807) is 13.8 Å². The molecule has 0 saturated heterocycles. The third kappa shape index (κ3) is 2.07. The van der Waals surface area contributed by atoms with Crippen LogP contribution in [0.1, 0.15) is 13.8 Å². The van der Waals surface area contributed by atoms with Gasteiger partial charge in [-0.25, -0.2) is 0 Å². The summed E-state index contributed by atoms with van der Waals surface area (Å²) in [6.07, 6.45) is 1.30. The fourth-order valence-corrected chi connectivity index (χ4v) is 2.40. The summed E-state index contributed by atoms with van der Waals surface area (Å²) in [6, 6.07) is 0. The quantitative estimate of drug-likeness (QED) is 0.365. The Kier molecular flexibility index (Phi) is 3.52. The number of nitrogens with zero attached hydrogens (tertiary/aromatic N) is 2. The fourth-order valence-electron chi connectivity index (χ4n) is 1.39. The van der Waals surface area contributed by atoms with Crippen molar-refractivity contribution in [1.29, 1.82) is 0 Å². The molecule has 2 unspecified atom stereocenters. The Morgan fingerprint density at radius 1 is 1.80 bits per heavy atom. The molecule has 2 atom stereocenters. The molecule has 0 fully saturated rings. The molecule has 1 heterocycles. The van der Waals surface area contributed by atoms with E-state index >= 15 is 0 Å². The van der Waals surface area contributed by atoms with E-state index in [-0.39, 0.29) is 11.6 Å². The molecular weight excluding hydrogens is 285 g/mol. The summed E-state index contributed by atoms with van der Waals surface area (Å²) in [5, 5.41) is 10.9. The third-order valence-corrected chi connectivity index (χ3v) is 3.37. The monoisotopic (exact) mass is 295 g/mol. The maximum absolute atomic E-state index is 10.9. The lowest BCUT2D eigenvalue weighted by molar-refractivity contribution is -0.436. The number of dihydropyridines is 1. The van der Waals surface area contributed by atoms with E-state index in [4.69, 9.17) is 17.3 Å². The molecule has 5 nitrogen and oxygen atoms in total. The van der Waals surface area contributed by atoms with Crippen LogP contribution in [0.15, 0.2) is 16.8 Å². The highest BCUT2D eigenvalue weighted by Crippen LogP contribution is 2.35. The summed E-state index contributed by atoms with van der Waals surface area (Å²) in [6.45, 7) is 3.56. The molecule has 0 aromatic rings. The SMILES string of the molecule is CC(C)C1(N)C([N+](=O)[O-])=CC(Br)=NC1Cl. The van der Waals surface area contributed by atoms with E-state index in [1.165, 1.54) is 6.08 Å². The number of allylic oxidation sites excluding steroid dienone is 1. The number of aliphatic imine (C=N–C) groups is 1. The molecule has 1 rings (SSSR count). The Bertz CT molecular complexity index is 356. The van der Waals surface area contributed by atoms with Gasteiger partial charge in [-0.2, -0.15) is 0 Å². The van der Waals surface area contributed by atoms with E-state index in [0.717, 1.165) is 0 Å². The number of nitro groups is 1. The van der Waals surface area contributed by atoms with Gasteiger partial charge in [0.1, 0.15) is 10.2 Å². The lowest BCUT2D eigenvalue weighted by atomic mass is 9.83. The van der Waals surface area contributed by atoms with Gasteiger partial charge in [-0.05, 0) is 21.8 Å². The first-order valence-corrected chi connectivity index (χ1v) is 5.56. The minimum atomic E-state index is -1.23. The zero-order chi connectivity index (χ0) is 11.8. The van der Waals surface area contributed by atoms with Gasteiger partial charge in [0, 0.05) is 6.08 Å². The second-order valence-electron chi connectivity index (χ2n) is 3.66. The molecule has 15 heavy (non-hydrogen) atoms. The minimum absolute atomic E-state index is 0.112. The molecule has 0 aromatic carbocycles. The molecule has 0 aliphatic carbocycles. The lowest BCUT2D eigenvalue weighted by Gasteiger charge is -2.34. The van der Waals surface area contributed by atoms with Crippen molar-refractivity contribution in [2.24, 2.45) is 16.6 Å². The first kappa shape index (κ1) is 12.6. The van der Waals surface area contributed by atoms with Gasteiger partial charge < -0.3 is 5.73 Å². The summed E-state index contributed by atoms with van der Waals surface area (Å²) < 4.78 is 0.343. The molecule has 0 radical (unpaired) electrons. The number of hydrogen-bond donors (Lipinski definition) is 1. The Labute approximate surface area is 101 Å². The Hall–Kier alpha value is -0.460. The predicted molar refractivity (Wildman–Crippen MR) is 62.8 cm³/mol. The maximum Gasteiger partial charge on any atom is 0.272 e. The largest absolute Gasteiger partial charge is 0.313 e. The van der Waals surface area contributed by atoms with Crippen LogP contribution in [0.2, 0.25) is 0 Å². The van der Waals surface area contributed by atoms with E-state index in [2.05, 4.69) is 20.9 Å². The molecule has 1 aliphatic rings. The van der Waals surface area contributed by atoms with Crippen molar-refractivity contribution in [1.82, 2.24) is 0 Å². The smallest absolute Gasteiger partial charge is 0.272 e. The second kappa shape index (κ2) is 4.19. The van der Waals surface area contributed by atoms with Gasteiger partial charge in [-0.3, -0.25) is 15.1 Å². The Morgan fingerprint density at radius 3 is 2.73 bits per heavy atom. The van der Waals surface area contributed by atoms with Crippen molar-refractivity contribution in [2.45, 2.75) is 24.9 Å². The highest BCUT2D eigenvalue weighted by atomic mass is 79.9. The number of alkyl halides is 1. The molecule has 7 heteroatoms. The van der Waals surface area contributed by atoms with Crippen LogP contribution in [0.3, 0.4) is 0 Å². The first-order chi connectivity index (χ1) is 6.80. The van der Waals surface area contributed by atoms with Crippen molar-refractivity contribution in [3.8, 4) is 0 Å². The van der Waals surface area contributed by atoms with Crippen LogP contribution in [-0.2, 0) is 0 Å². The fraction of sp³-hybridized carbons (Fsp3) is 0.625. The van der Waals surface area contributed by atoms with Crippen LogP contribution in [0.4, 0.5) is 0 Å². The molecule has 0 amide bonds. The van der Waals surface area contributed by atoms with Gasteiger partial charge in [-0.1, -0.05) is 25.4 Å². The van der Waals surface area contributed by atoms with Gasteiger partial charge in [0.15, 0.2) is 5.50 Å². The zero-order valence-electron chi connectivity index (χ0n) is 8.28. The van der Waals surface area contributed by atoms with Gasteiger partial charge in [0.2, 0.25) is 0 Å².